The van der Waals surface area contributed by atoms with Gasteiger partial charge in [-0.15, -0.1) is 0 Å². The molecule has 1 aliphatic rings. The van der Waals surface area contributed by atoms with Gasteiger partial charge < -0.3 is 5.32 Å². The molecule has 0 saturated carbocycles. The maximum absolute atomic E-state index is 12.2. The van der Waals surface area contributed by atoms with Crippen molar-refractivity contribution in [2.45, 2.75) is 32.4 Å². The van der Waals surface area contributed by atoms with Gasteiger partial charge >= 0.3 is 0 Å². The van der Waals surface area contributed by atoms with Gasteiger partial charge in [-0.25, -0.2) is 8.42 Å². The van der Waals surface area contributed by atoms with Crippen molar-refractivity contribution in [2.24, 2.45) is 0 Å². The van der Waals surface area contributed by atoms with Crippen LogP contribution in [0.5, 0.6) is 0 Å². The molecule has 0 radical (unpaired) electrons. The number of benzene rings is 1. The molecule has 0 bridgehead atoms. The number of nitrogens with zero attached hydrogens (tertiary/aromatic N) is 1. The van der Waals surface area contributed by atoms with Crippen LogP contribution in [0.2, 0.25) is 0 Å². The number of nitrogens with one attached hydrogen (secondary N) is 1. The summed E-state index contributed by atoms with van der Waals surface area (Å²) in [5.41, 5.74) is 0.536. The molecule has 1 amide bonds. The zero-order valence-corrected chi connectivity index (χ0v) is 14.0. The number of amides is 1. The monoisotopic (exact) mass is 324 g/mol. The fourth-order valence-electron chi connectivity index (χ4n) is 2.81. The van der Waals surface area contributed by atoms with Crippen LogP contribution in [0.4, 0.5) is 0 Å². The van der Waals surface area contributed by atoms with Crippen molar-refractivity contribution in [1.29, 1.82) is 0 Å². The van der Waals surface area contributed by atoms with Crippen LogP contribution in [0.3, 0.4) is 0 Å². The van der Waals surface area contributed by atoms with Gasteiger partial charge in [-0.05, 0) is 25.5 Å². The van der Waals surface area contributed by atoms with Gasteiger partial charge in [0.25, 0.3) is 0 Å². The van der Waals surface area contributed by atoms with Crippen molar-refractivity contribution >= 4 is 15.7 Å². The third-order valence-electron chi connectivity index (χ3n) is 4.01. The number of likely N-dealkylation sites (N-methyl/N-ethyl adjacent to an activating group) is 1. The molecular formula is C16H24N2O3S. The van der Waals surface area contributed by atoms with Crippen molar-refractivity contribution in [3.8, 4) is 0 Å². The second-order valence-corrected chi connectivity index (χ2v) is 8.42. The first-order chi connectivity index (χ1) is 10.3. The molecule has 0 spiro atoms. The van der Waals surface area contributed by atoms with E-state index in [4.69, 9.17) is 0 Å². The first-order valence-corrected chi connectivity index (χ1v) is 9.42. The number of hydrogen-bond acceptors (Lipinski definition) is 4. The normalized spacial score (nSPS) is 23.6. The van der Waals surface area contributed by atoms with Crippen molar-refractivity contribution < 1.29 is 13.2 Å². The number of carbonyl (C=O) groups excluding carboxylic acids is 1. The summed E-state index contributed by atoms with van der Waals surface area (Å²) in [6, 6.07) is 9.99. The number of sulfone groups is 1. The minimum Gasteiger partial charge on any atom is -0.349 e. The molecule has 1 atom stereocenters. The summed E-state index contributed by atoms with van der Waals surface area (Å²) in [7, 11) is -3.01. The van der Waals surface area contributed by atoms with E-state index >= 15 is 0 Å². The molecule has 5 nitrogen and oxygen atoms in total. The van der Waals surface area contributed by atoms with Gasteiger partial charge in [0.2, 0.25) is 5.91 Å². The van der Waals surface area contributed by atoms with Crippen LogP contribution >= 0.6 is 0 Å². The summed E-state index contributed by atoms with van der Waals surface area (Å²) in [5.74, 6) is 0.0827. The second-order valence-electron chi connectivity index (χ2n) is 6.24. The van der Waals surface area contributed by atoms with Gasteiger partial charge in [0.1, 0.15) is 0 Å². The first-order valence-electron chi connectivity index (χ1n) is 7.60. The number of rotatable bonds is 6. The fraction of sp³-hybridized carbons (Fsp3) is 0.562. The number of hydrogen-bond donors (Lipinski definition) is 1. The Morgan fingerprint density at radius 1 is 1.32 bits per heavy atom. The van der Waals surface area contributed by atoms with E-state index in [1.165, 1.54) is 0 Å². The van der Waals surface area contributed by atoms with Gasteiger partial charge in [-0.2, -0.15) is 0 Å². The van der Waals surface area contributed by atoms with Crippen LogP contribution in [-0.2, 0) is 21.2 Å². The lowest BCUT2D eigenvalue weighted by molar-refractivity contribution is -0.123. The lowest BCUT2D eigenvalue weighted by Gasteiger charge is -2.26. The Hall–Kier alpha value is -1.40. The average Bonchev–Trinajstić information content (AvgIpc) is 2.72. The summed E-state index contributed by atoms with van der Waals surface area (Å²) >= 11 is 0. The molecule has 6 heteroatoms. The van der Waals surface area contributed by atoms with Crippen molar-refractivity contribution in [3.05, 3.63) is 35.9 Å². The molecule has 1 aromatic rings. The lowest BCUT2D eigenvalue weighted by Crippen LogP contribution is -2.50. The summed E-state index contributed by atoms with van der Waals surface area (Å²) in [5, 5.41) is 2.90. The van der Waals surface area contributed by atoms with Gasteiger partial charge in [-0.3, -0.25) is 9.69 Å². The zero-order chi connectivity index (χ0) is 16.2. The molecule has 1 heterocycles. The van der Waals surface area contributed by atoms with Gasteiger partial charge in [0.15, 0.2) is 9.84 Å². The van der Waals surface area contributed by atoms with Gasteiger partial charge in [0.05, 0.1) is 23.6 Å². The third kappa shape index (κ3) is 4.81. The molecule has 0 aliphatic carbocycles. The summed E-state index contributed by atoms with van der Waals surface area (Å²) in [6.45, 7) is 5.57. The van der Waals surface area contributed by atoms with Crippen molar-refractivity contribution in [3.63, 3.8) is 0 Å². The molecule has 1 fully saturated rings. The molecule has 1 aliphatic heterocycles. The van der Waals surface area contributed by atoms with E-state index in [2.05, 4.69) is 5.32 Å². The molecule has 1 saturated heterocycles. The van der Waals surface area contributed by atoms with Crippen LogP contribution in [0.15, 0.2) is 30.3 Å². The molecular weight excluding hydrogens is 300 g/mol. The Morgan fingerprint density at radius 2 is 2.00 bits per heavy atom. The van der Waals surface area contributed by atoms with E-state index in [0.29, 0.717) is 13.0 Å². The first kappa shape index (κ1) is 17.0. The van der Waals surface area contributed by atoms with E-state index in [9.17, 15) is 13.2 Å². The van der Waals surface area contributed by atoms with Crippen LogP contribution < -0.4 is 5.32 Å². The Kier molecular flexibility index (Phi) is 5.24. The maximum atomic E-state index is 12.2. The minimum absolute atomic E-state index is 0.0382. The molecule has 2 rings (SSSR count). The summed E-state index contributed by atoms with van der Waals surface area (Å²) in [4.78, 5) is 14.3. The Bertz CT molecular complexity index is 616. The van der Waals surface area contributed by atoms with E-state index < -0.39 is 15.4 Å². The Labute approximate surface area is 132 Å². The Morgan fingerprint density at radius 3 is 2.55 bits per heavy atom. The van der Waals surface area contributed by atoms with E-state index in [-0.39, 0.29) is 24.0 Å². The molecule has 1 aromatic carbocycles. The quantitative estimate of drug-likeness (QED) is 0.854. The van der Waals surface area contributed by atoms with E-state index in [1.807, 2.05) is 49.1 Å². The molecule has 0 aromatic heterocycles. The molecule has 0 unspecified atom stereocenters. The molecule has 22 heavy (non-hydrogen) atoms. The van der Waals surface area contributed by atoms with Crippen molar-refractivity contribution in [1.82, 2.24) is 10.2 Å². The highest BCUT2D eigenvalue weighted by molar-refractivity contribution is 7.91. The average molecular weight is 324 g/mol. The second kappa shape index (κ2) is 6.79. The van der Waals surface area contributed by atoms with Crippen LogP contribution in [-0.4, -0.2) is 49.4 Å². The topological polar surface area (TPSA) is 66.5 Å². The predicted octanol–water partition coefficient (Wildman–Crippen LogP) is 1.20. The van der Waals surface area contributed by atoms with Gasteiger partial charge in [0, 0.05) is 6.54 Å². The highest BCUT2D eigenvalue weighted by atomic mass is 32.2. The minimum atomic E-state index is -3.01. The van der Waals surface area contributed by atoms with Crippen LogP contribution in [0, 0.1) is 0 Å². The fourth-order valence-corrected chi connectivity index (χ4v) is 4.90. The summed E-state index contributed by atoms with van der Waals surface area (Å²) < 4.78 is 23.2. The standard InChI is InChI=1S/C16H24N2O3S/c1-3-18(11-14-7-5-4-6-8-14)12-15(19)17-16(2)9-10-22(20,21)13-16/h4-8H,3,9-13H2,1-2H3,(H,17,19)/t16-/m0/s1. The summed E-state index contributed by atoms with van der Waals surface area (Å²) in [6.07, 6.45) is 0.492. The van der Waals surface area contributed by atoms with Crippen molar-refractivity contribution in [2.75, 3.05) is 24.6 Å². The lowest BCUT2D eigenvalue weighted by atomic mass is 10.0. The smallest absolute Gasteiger partial charge is 0.234 e. The van der Waals surface area contributed by atoms with E-state index in [0.717, 1.165) is 12.1 Å². The zero-order valence-electron chi connectivity index (χ0n) is 13.2. The molecule has 1 N–H and O–H groups in total. The van der Waals surface area contributed by atoms with E-state index in [1.54, 1.807) is 0 Å². The highest BCUT2D eigenvalue weighted by Crippen LogP contribution is 2.22. The SMILES string of the molecule is CCN(CC(=O)N[C@@]1(C)CCS(=O)(=O)C1)Cc1ccccc1. The Balaban J connectivity index is 1.90. The predicted molar refractivity (Wildman–Crippen MR) is 87.2 cm³/mol. The van der Waals surface area contributed by atoms with Crippen LogP contribution in [0.25, 0.3) is 0 Å². The number of carbonyl (C=O) groups is 1. The third-order valence-corrected chi connectivity index (χ3v) is 5.91. The highest BCUT2D eigenvalue weighted by Gasteiger charge is 2.39. The maximum Gasteiger partial charge on any atom is 0.234 e. The van der Waals surface area contributed by atoms with Crippen LogP contribution in [0.1, 0.15) is 25.8 Å². The molecule has 122 valence electrons. The van der Waals surface area contributed by atoms with Gasteiger partial charge in [-0.1, -0.05) is 37.3 Å². The largest absolute Gasteiger partial charge is 0.349 e.